The molecule has 0 aliphatic carbocycles. The molecule has 0 atom stereocenters. The van der Waals surface area contributed by atoms with Gasteiger partial charge in [-0.3, -0.25) is 0 Å². The molecule has 2 rings (SSSR count). The molecule has 0 aromatic heterocycles. The van der Waals surface area contributed by atoms with E-state index in [1.165, 1.54) is 24.3 Å². The Bertz CT molecular complexity index is 488. The van der Waals surface area contributed by atoms with Crippen LogP contribution in [0.1, 0.15) is 1.43 Å². The van der Waals surface area contributed by atoms with Gasteiger partial charge in [-0.1, -0.05) is 18.2 Å². The third-order valence-corrected chi connectivity index (χ3v) is 2.15. The van der Waals surface area contributed by atoms with E-state index >= 15 is 0 Å². The fourth-order valence-electron chi connectivity index (χ4n) is 1.35. The summed E-state index contributed by atoms with van der Waals surface area (Å²) >= 11 is 0. The van der Waals surface area contributed by atoms with Gasteiger partial charge in [0.15, 0.2) is 11.6 Å². The van der Waals surface area contributed by atoms with Gasteiger partial charge in [0, 0.05) is 0 Å². The number of rotatable bonds is 1. The van der Waals surface area contributed by atoms with Gasteiger partial charge in [-0.05, 0) is 35.4 Å². The van der Waals surface area contributed by atoms with Crippen LogP contribution < -0.4 is 51.4 Å². The van der Waals surface area contributed by atoms with E-state index in [4.69, 9.17) is 5.11 Å². The number of hydrogen-bond donors (Lipinski definition) is 2. The van der Waals surface area contributed by atoms with Crippen LogP contribution in [-0.2, 0) is 0 Å². The Kier molecular flexibility index (Phi) is 4.95. The first-order valence-corrected chi connectivity index (χ1v) is 4.45. The summed E-state index contributed by atoms with van der Waals surface area (Å²) in [6.45, 7) is 0. The zero-order valence-electron chi connectivity index (χ0n) is 9.81. The molecule has 16 heavy (non-hydrogen) atoms. The monoisotopic (exact) mass is 244 g/mol. The second-order valence-electron chi connectivity index (χ2n) is 3.21. The zero-order valence-corrected chi connectivity index (χ0v) is 11.9. The molecule has 2 N–H and O–H groups in total. The molecule has 0 aliphatic heterocycles. The molecule has 0 saturated carbocycles. The Balaban J connectivity index is 0.00000128. The standard InChI is InChI=1S/C12H9FO2.K.H/c13-11-6-3-9(7-12(11)15)8-1-4-10(14)5-2-8;;/h1-7,14-15H;;/q;+1;-1. The van der Waals surface area contributed by atoms with Crippen molar-refractivity contribution in [2.24, 2.45) is 0 Å². The summed E-state index contributed by atoms with van der Waals surface area (Å²) in [5.41, 5.74) is 1.51. The molecule has 78 valence electrons. The number of halogens is 1. The summed E-state index contributed by atoms with van der Waals surface area (Å²) in [5.74, 6) is -0.844. The van der Waals surface area contributed by atoms with Gasteiger partial charge in [-0.2, -0.15) is 0 Å². The van der Waals surface area contributed by atoms with E-state index in [0.717, 1.165) is 5.56 Å². The first-order chi connectivity index (χ1) is 7.16. The Hall–Kier alpha value is -0.394. The van der Waals surface area contributed by atoms with Crippen molar-refractivity contribution in [2.75, 3.05) is 0 Å². The Morgan fingerprint density at radius 1 is 0.875 bits per heavy atom. The molecule has 0 heterocycles. The minimum absolute atomic E-state index is 0. The Morgan fingerprint density at radius 2 is 1.44 bits per heavy atom. The molecule has 2 aromatic carbocycles. The SMILES string of the molecule is Oc1ccc(-c2ccc(F)c(O)c2)cc1.[H-].[K+]. The summed E-state index contributed by atoms with van der Waals surface area (Å²) in [4.78, 5) is 0. The number of benzene rings is 2. The topological polar surface area (TPSA) is 40.5 Å². The van der Waals surface area contributed by atoms with Crippen LogP contribution in [-0.4, -0.2) is 10.2 Å². The maximum atomic E-state index is 12.8. The fraction of sp³-hybridized carbons (Fsp3) is 0. The van der Waals surface area contributed by atoms with Crippen molar-refractivity contribution in [2.45, 2.75) is 0 Å². The molecule has 0 radical (unpaired) electrons. The molecule has 0 amide bonds. The average Bonchev–Trinajstić information content (AvgIpc) is 2.23. The van der Waals surface area contributed by atoms with Gasteiger partial charge in [0.1, 0.15) is 5.75 Å². The van der Waals surface area contributed by atoms with Gasteiger partial charge in [0.25, 0.3) is 0 Å². The van der Waals surface area contributed by atoms with E-state index in [1.54, 1.807) is 18.2 Å². The second kappa shape index (κ2) is 5.79. The quantitative estimate of drug-likeness (QED) is 0.694. The summed E-state index contributed by atoms with van der Waals surface area (Å²) in [6.07, 6.45) is 0. The predicted molar refractivity (Wildman–Crippen MR) is 56.3 cm³/mol. The molecule has 4 heteroatoms. The van der Waals surface area contributed by atoms with Crippen LogP contribution in [0.25, 0.3) is 11.1 Å². The molecule has 0 unspecified atom stereocenters. The second-order valence-corrected chi connectivity index (χ2v) is 3.21. The predicted octanol–water partition coefficient (Wildman–Crippen LogP) is 0.0204. The fourth-order valence-corrected chi connectivity index (χ4v) is 1.35. The summed E-state index contributed by atoms with van der Waals surface area (Å²) in [7, 11) is 0. The van der Waals surface area contributed by atoms with Gasteiger partial charge in [0.05, 0.1) is 0 Å². The van der Waals surface area contributed by atoms with Gasteiger partial charge >= 0.3 is 51.4 Å². The first kappa shape index (κ1) is 13.7. The van der Waals surface area contributed by atoms with Crippen LogP contribution in [0.5, 0.6) is 11.5 Å². The molecule has 0 saturated heterocycles. The van der Waals surface area contributed by atoms with Gasteiger partial charge in [-0.25, -0.2) is 4.39 Å². The summed E-state index contributed by atoms with van der Waals surface area (Å²) in [5, 5.41) is 18.3. The van der Waals surface area contributed by atoms with E-state index < -0.39 is 5.82 Å². The van der Waals surface area contributed by atoms with Crippen LogP contribution >= 0.6 is 0 Å². The molecular formula is C12H10FKO2. The van der Waals surface area contributed by atoms with Crippen LogP contribution in [0.4, 0.5) is 4.39 Å². The molecule has 0 fully saturated rings. The van der Waals surface area contributed by atoms with Crippen molar-refractivity contribution in [3.05, 3.63) is 48.3 Å². The van der Waals surface area contributed by atoms with Crippen LogP contribution in [0.2, 0.25) is 0 Å². The number of aromatic hydroxyl groups is 2. The van der Waals surface area contributed by atoms with E-state index in [2.05, 4.69) is 0 Å². The van der Waals surface area contributed by atoms with E-state index in [0.29, 0.717) is 5.56 Å². The minimum Gasteiger partial charge on any atom is -1.00 e. The van der Waals surface area contributed by atoms with Crippen molar-refractivity contribution in [1.82, 2.24) is 0 Å². The molecule has 2 nitrogen and oxygen atoms in total. The smallest absolute Gasteiger partial charge is 1.00 e. The van der Waals surface area contributed by atoms with Gasteiger partial charge in [0.2, 0.25) is 0 Å². The Morgan fingerprint density at radius 3 is 2.00 bits per heavy atom. The molecule has 2 aromatic rings. The van der Waals surface area contributed by atoms with E-state index in [9.17, 15) is 9.50 Å². The van der Waals surface area contributed by atoms with Crippen LogP contribution in [0.3, 0.4) is 0 Å². The van der Waals surface area contributed by atoms with E-state index in [1.807, 2.05) is 0 Å². The third-order valence-electron chi connectivity index (χ3n) is 2.15. The maximum Gasteiger partial charge on any atom is 1.00 e. The van der Waals surface area contributed by atoms with Crippen LogP contribution in [0, 0.1) is 5.82 Å². The zero-order chi connectivity index (χ0) is 10.8. The number of phenols is 2. The third kappa shape index (κ3) is 3.05. The van der Waals surface area contributed by atoms with Crippen molar-refractivity contribution in [3.8, 4) is 22.6 Å². The Labute approximate surface area is 137 Å². The van der Waals surface area contributed by atoms with Gasteiger partial charge in [-0.15, -0.1) is 0 Å². The maximum absolute atomic E-state index is 12.8. The summed E-state index contributed by atoms with van der Waals surface area (Å²) < 4.78 is 12.8. The molecule has 0 aliphatic rings. The van der Waals surface area contributed by atoms with E-state index in [-0.39, 0.29) is 64.3 Å². The summed E-state index contributed by atoms with van der Waals surface area (Å²) in [6, 6.07) is 10.6. The van der Waals surface area contributed by atoms with Crippen molar-refractivity contribution >= 4 is 0 Å². The first-order valence-electron chi connectivity index (χ1n) is 4.45. The molecule has 0 bridgehead atoms. The number of hydrogen-bond acceptors (Lipinski definition) is 2. The molecule has 0 spiro atoms. The molecular weight excluding hydrogens is 234 g/mol. The normalized spacial score (nSPS) is 9.56. The van der Waals surface area contributed by atoms with Crippen molar-refractivity contribution in [3.63, 3.8) is 0 Å². The minimum atomic E-state index is -0.641. The average molecular weight is 244 g/mol. The van der Waals surface area contributed by atoms with Crippen molar-refractivity contribution < 1.29 is 67.4 Å². The largest absolute Gasteiger partial charge is 1.00 e. The van der Waals surface area contributed by atoms with Gasteiger partial charge < -0.3 is 11.6 Å². The van der Waals surface area contributed by atoms with Crippen LogP contribution in [0.15, 0.2) is 42.5 Å². The van der Waals surface area contributed by atoms with Crippen molar-refractivity contribution in [1.29, 1.82) is 0 Å². The number of phenolic OH excluding ortho intramolecular Hbond substituents is 2.